The smallest absolute Gasteiger partial charge is 0.314 e. The van der Waals surface area contributed by atoms with Crippen molar-refractivity contribution >= 4 is 17.6 Å². The lowest BCUT2D eigenvalue weighted by molar-refractivity contribution is -0.140. The fourth-order valence-corrected chi connectivity index (χ4v) is 2.38. The van der Waals surface area contributed by atoms with Crippen LogP contribution in [0.5, 0.6) is 5.75 Å². The molecule has 1 saturated carbocycles. The molecule has 4 heteroatoms. The number of carbonyl (C=O) groups is 1. The number of halogens is 1. The number of carboxylic acid groups (broad SMARTS) is 1. The van der Waals surface area contributed by atoms with Gasteiger partial charge in [0.1, 0.15) is 5.75 Å². The minimum Gasteiger partial charge on any atom is -0.507 e. The van der Waals surface area contributed by atoms with E-state index in [1.54, 1.807) is 12.1 Å². The molecule has 2 N–H and O–H groups in total. The minimum atomic E-state index is -0.918. The molecule has 0 spiro atoms. The van der Waals surface area contributed by atoms with Crippen LogP contribution in [-0.4, -0.2) is 16.2 Å². The maximum atomic E-state index is 11.3. The summed E-state index contributed by atoms with van der Waals surface area (Å²) in [6, 6.07) is 3.27. The van der Waals surface area contributed by atoms with Crippen molar-refractivity contribution < 1.29 is 15.0 Å². The van der Waals surface area contributed by atoms with Crippen LogP contribution in [0.3, 0.4) is 0 Å². The number of carboxylic acids is 1. The van der Waals surface area contributed by atoms with Gasteiger partial charge in [-0.05, 0) is 36.5 Å². The Balaban J connectivity index is 2.59. The standard InChI is InChI=1S/C13H15ClO3/c1-7(2)9-5-8(14)6-10(11(9)15)13(3-4-13)12(16)17/h5-7,15H,3-4H2,1-2H3,(H,16,17). The molecular formula is C13H15ClO3. The second-order valence-corrected chi connectivity index (χ2v) is 5.37. The molecule has 1 aromatic carbocycles. The van der Waals surface area contributed by atoms with Crippen molar-refractivity contribution in [1.82, 2.24) is 0 Å². The third-order valence-electron chi connectivity index (χ3n) is 3.40. The lowest BCUT2D eigenvalue weighted by Crippen LogP contribution is -2.20. The highest BCUT2D eigenvalue weighted by molar-refractivity contribution is 6.30. The van der Waals surface area contributed by atoms with E-state index in [-0.39, 0.29) is 11.7 Å². The van der Waals surface area contributed by atoms with Gasteiger partial charge in [-0.1, -0.05) is 25.4 Å². The van der Waals surface area contributed by atoms with E-state index in [1.165, 1.54) is 0 Å². The van der Waals surface area contributed by atoms with Crippen molar-refractivity contribution in [2.75, 3.05) is 0 Å². The first-order valence-corrected chi connectivity index (χ1v) is 6.02. The van der Waals surface area contributed by atoms with Crippen molar-refractivity contribution in [3.05, 3.63) is 28.3 Å². The molecule has 0 saturated heterocycles. The summed E-state index contributed by atoms with van der Waals surface area (Å²) in [4.78, 5) is 11.3. The molecule has 3 nitrogen and oxygen atoms in total. The van der Waals surface area contributed by atoms with Gasteiger partial charge in [0.05, 0.1) is 5.41 Å². The largest absolute Gasteiger partial charge is 0.507 e. The zero-order valence-corrected chi connectivity index (χ0v) is 10.6. The van der Waals surface area contributed by atoms with Crippen LogP contribution in [-0.2, 0) is 10.2 Å². The SMILES string of the molecule is CC(C)c1cc(Cl)cc(C2(C(=O)O)CC2)c1O. The molecule has 2 rings (SSSR count). The van der Waals surface area contributed by atoms with Gasteiger partial charge in [-0.3, -0.25) is 4.79 Å². The molecule has 0 aromatic heterocycles. The summed E-state index contributed by atoms with van der Waals surface area (Å²) in [5, 5.41) is 19.9. The first-order valence-electron chi connectivity index (χ1n) is 5.65. The number of phenolic OH excluding ortho intramolecular Hbond substituents is 1. The Labute approximate surface area is 105 Å². The summed E-state index contributed by atoms with van der Waals surface area (Å²) in [6.45, 7) is 3.88. The zero-order valence-electron chi connectivity index (χ0n) is 9.83. The van der Waals surface area contributed by atoms with Crippen LogP contribution < -0.4 is 0 Å². The van der Waals surface area contributed by atoms with Gasteiger partial charge in [0, 0.05) is 10.6 Å². The van der Waals surface area contributed by atoms with Gasteiger partial charge in [0.25, 0.3) is 0 Å². The average molecular weight is 255 g/mol. The molecule has 0 amide bonds. The molecule has 1 aliphatic rings. The fraction of sp³-hybridized carbons (Fsp3) is 0.462. The predicted molar refractivity (Wildman–Crippen MR) is 65.8 cm³/mol. The van der Waals surface area contributed by atoms with E-state index < -0.39 is 11.4 Å². The number of hydrogen-bond donors (Lipinski definition) is 2. The van der Waals surface area contributed by atoms with Crippen molar-refractivity contribution in [2.45, 2.75) is 38.0 Å². The number of benzene rings is 1. The van der Waals surface area contributed by atoms with Crippen molar-refractivity contribution in [1.29, 1.82) is 0 Å². The first-order chi connectivity index (χ1) is 7.88. The van der Waals surface area contributed by atoms with E-state index in [0.717, 1.165) is 0 Å². The Kier molecular flexibility index (Phi) is 2.82. The number of aromatic hydroxyl groups is 1. The van der Waals surface area contributed by atoms with Gasteiger partial charge in [-0.15, -0.1) is 0 Å². The normalized spacial score (nSPS) is 17.2. The van der Waals surface area contributed by atoms with E-state index in [2.05, 4.69) is 0 Å². The monoisotopic (exact) mass is 254 g/mol. The molecule has 0 bridgehead atoms. The molecule has 17 heavy (non-hydrogen) atoms. The Hall–Kier alpha value is -1.22. The molecule has 0 unspecified atom stereocenters. The molecule has 0 atom stereocenters. The molecule has 1 aliphatic carbocycles. The van der Waals surface area contributed by atoms with Crippen molar-refractivity contribution in [3.63, 3.8) is 0 Å². The summed E-state index contributed by atoms with van der Waals surface area (Å²) in [7, 11) is 0. The van der Waals surface area contributed by atoms with Gasteiger partial charge in [0.15, 0.2) is 0 Å². The third-order valence-corrected chi connectivity index (χ3v) is 3.62. The van der Waals surface area contributed by atoms with Gasteiger partial charge in [-0.2, -0.15) is 0 Å². The van der Waals surface area contributed by atoms with Gasteiger partial charge >= 0.3 is 5.97 Å². The Morgan fingerprint density at radius 3 is 2.41 bits per heavy atom. The molecule has 1 aromatic rings. The number of rotatable bonds is 3. The lowest BCUT2D eigenvalue weighted by Gasteiger charge is -2.17. The van der Waals surface area contributed by atoms with E-state index in [0.29, 0.717) is 29.0 Å². The number of aliphatic carboxylic acids is 1. The highest BCUT2D eigenvalue weighted by Gasteiger charge is 2.53. The average Bonchev–Trinajstić information content (AvgIpc) is 3.01. The fourth-order valence-electron chi connectivity index (χ4n) is 2.15. The summed E-state index contributed by atoms with van der Waals surface area (Å²) in [6.07, 6.45) is 1.13. The highest BCUT2D eigenvalue weighted by Crippen LogP contribution is 2.53. The molecule has 1 fully saturated rings. The van der Waals surface area contributed by atoms with Gasteiger partial charge < -0.3 is 10.2 Å². The van der Waals surface area contributed by atoms with Crippen LogP contribution in [0.25, 0.3) is 0 Å². The first kappa shape index (κ1) is 12.2. The second kappa shape index (κ2) is 3.91. The highest BCUT2D eigenvalue weighted by atomic mass is 35.5. The van der Waals surface area contributed by atoms with Crippen LogP contribution in [0, 0.1) is 0 Å². The Morgan fingerprint density at radius 1 is 1.41 bits per heavy atom. The van der Waals surface area contributed by atoms with Crippen molar-refractivity contribution in [2.24, 2.45) is 0 Å². The Morgan fingerprint density at radius 2 is 2.00 bits per heavy atom. The molecule has 92 valence electrons. The second-order valence-electron chi connectivity index (χ2n) is 4.93. The van der Waals surface area contributed by atoms with Gasteiger partial charge in [0.2, 0.25) is 0 Å². The van der Waals surface area contributed by atoms with E-state index >= 15 is 0 Å². The Bertz CT molecular complexity index is 476. The molecule has 0 aliphatic heterocycles. The quantitative estimate of drug-likeness (QED) is 0.870. The van der Waals surface area contributed by atoms with Crippen LogP contribution >= 0.6 is 11.6 Å². The van der Waals surface area contributed by atoms with Crippen LogP contribution in [0.15, 0.2) is 12.1 Å². The maximum Gasteiger partial charge on any atom is 0.314 e. The van der Waals surface area contributed by atoms with Crippen molar-refractivity contribution in [3.8, 4) is 5.75 Å². The molecular weight excluding hydrogens is 240 g/mol. The molecule has 0 radical (unpaired) electrons. The zero-order chi connectivity index (χ0) is 12.8. The summed E-state index contributed by atoms with van der Waals surface area (Å²) < 4.78 is 0. The van der Waals surface area contributed by atoms with Gasteiger partial charge in [-0.25, -0.2) is 0 Å². The lowest BCUT2D eigenvalue weighted by atomic mass is 9.90. The predicted octanol–water partition coefficient (Wildman–Crippen LogP) is 3.29. The van der Waals surface area contributed by atoms with E-state index in [1.807, 2.05) is 13.8 Å². The van der Waals surface area contributed by atoms with Crippen LogP contribution in [0.2, 0.25) is 5.02 Å². The summed E-state index contributed by atoms with van der Waals surface area (Å²) in [5.74, 6) is -0.689. The number of phenols is 1. The summed E-state index contributed by atoms with van der Waals surface area (Å²) in [5.41, 5.74) is 0.250. The van der Waals surface area contributed by atoms with E-state index in [4.69, 9.17) is 11.6 Å². The number of hydrogen-bond acceptors (Lipinski definition) is 2. The topological polar surface area (TPSA) is 57.5 Å². The maximum absolute atomic E-state index is 11.3. The van der Waals surface area contributed by atoms with Crippen LogP contribution in [0.1, 0.15) is 43.7 Å². The summed E-state index contributed by atoms with van der Waals surface area (Å²) >= 11 is 6.00. The molecule has 0 heterocycles. The third kappa shape index (κ3) is 1.89. The minimum absolute atomic E-state index is 0.0873. The van der Waals surface area contributed by atoms with E-state index in [9.17, 15) is 15.0 Å². The van der Waals surface area contributed by atoms with Crippen LogP contribution in [0.4, 0.5) is 0 Å².